The Labute approximate surface area is 183 Å². The lowest BCUT2D eigenvalue weighted by Crippen LogP contribution is -2.13. The maximum Gasteiger partial charge on any atom is 0.255 e. The lowest BCUT2D eigenvalue weighted by atomic mass is 10.1. The summed E-state index contributed by atoms with van der Waals surface area (Å²) in [7, 11) is 0. The SMILES string of the molecule is CCCCOc1ccccc1NC(=O)c1ccc(OCc2ccncc2)c(OCC)c1. The number of hydrogen-bond donors (Lipinski definition) is 1. The number of para-hydroxylation sites is 2. The minimum atomic E-state index is -0.242. The van der Waals surface area contributed by atoms with E-state index in [9.17, 15) is 4.79 Å². The molecule has 1 N–H and O–H groups in total. The largest absolute Gasteiger partial charge is 0.491 e. The van der Waals surface area contributed by atoms with Gasteiger partial charge in [-0.1, -0.05) is 25.5 Å². The highest BCUT2D eigenvalue weighted by molar-refractivity contribution is 6.05. The van der Waals surface area contributed by atoms with Crippen molar-refractivity contribution in [2.45, 2.75) is 33.3 Å². The summed E-state index contributed by atoms with van der Waals surface area (Å²) in [5, 5.41) is 2.93. The van der Waals surface area contributed by atoms with Crippen molar-refractivity contribution >= 4 is 11.6 Å². The van der Waals surface area contributed by atoms with Gasteiger partial charge in [-0.2, -0.15) is 0 Å². The van der Waals surface area contributed by atoms with Crippen LogP contribution in [0, 0.1) is 0 Å². The number of carbonyl (C=O) groups is 1. The maximum absolute atomic E-state index is 12.9. The van der Waals surface area contributed by atoms with Crippen LogP contribution in [0.4, 0.5) is 5.69 Å². The van der Waals surface area contributed by atoms with E-state index in [1.807, 2.05) is 43.3 Å². The quantitative estimate of drug-likeness (QED) is 0.415. The van der Waals surface area contributed by atoms with Gasteiger partial charge in [-0.05, 0) is 61.4 Å². The number of nitrogens with zero attached hydrogens (tertiary/aromatic N) is 1. The first-order chi connectivity index (χ1) is 15.2. The van der Waals surface area contributed by atoms with Crippen molar-refractivity contribution in [3.8, 4) is 17.2 Å². The number of amides is 1. The number of carbonyl (C=O) groups excluding carboxylic acids is 1. The van der Waals surface area contributed by atoms with Crippen LogP contribution in [-0.4, -0.2) is 24.1 Å². The number of hydrogen-bond acceptors (Lipinski definition) is 5. The molecule has 2 aromatic carbocycles. The molecule has 6 heteroatoms. The number of pyridine rings is 1. The van der Waals surface area contributed by atoms with Crippen LogP contribution in [0.2, 0.25) is 0 Å². The molecular formula is C25H28N2O4. The van der Waals surface area contributed by atoms with Crippen molar-refractivity contribution in [3.63, 3.8) is 0 Å². The summed E-state index contributed by atoms with van der Waals surface area (Å²) in [5.74, 6) is 1.52. The zero-order chi connectivity index (χ0) is 21.9. The number of unbranched alkanes of at least 4 members (excludes halogenated alkanes) is 1. The standard InChI is InChI=1S/C25H28N2O4/c1-3-5-16-30-22-9-7-6-8-21(22)27-25(28)20-10-11-23(24(17-20)29-4-2)31-18-19-12-14-26-15-13-19/h6-15,17H,3-5,16,18H2,1-2H3,(H,27,28). The van der Waals surface area contributed by atoms with Crippen molar-refractivity contribution in [2.75, 3.05) is 18.5 Å². The van der Waals surface area contributed by atoms with Crippen LogP contribution in [0.5, 0.6) is 17.2 Å². The summed E-state index contributed by atoms with van der Waals surface area (Å²) in [4.78, 5) is 16.9. The smallest absolute Gasteiger partial charge is 0.255 e. The average Bonchev–Trinajstić information content (AvgIpc) is 2.80. The third kappa shape index (κ3) is 6.47. The molecule has 0 spiro atoms. The average molecular weight is 421 g/mol. The first-order valence-electron chi connectivity index (χ1n) is 10.5. The molecule has 0 saturated carbocycles. The highest BCUT2D eigenvalue weighted by Crippen LogP contribution is 2.30. The van der Waals surface area contributed by atoms with Gasteiger partial charge in [0.05, 0.1) is 18.9 Å². The number of benzene rings is 2. The van der Waals surface area contributed by atoms with Crippen molar-refractivity contribution in [1.82, 2.24) is 4.98 Å². The molecule has 1 amide bonds. The molecule has 0 aliphatic carbocycles. The van der Waals surface area contributed by atoms with Crippen LogP contribution in [0.15, 0.2) is 67.0 Å². The van der Waals surface area contributed by atoms with Crippen molar-refractivity contribution in [2.24, 2.45) is 0 Å². The highest BCUT2D eigenvalue weighted by Gasteiger charge is 2.14. The molecule has 0 saturated heterocycles. The Hall–Kier alpha value is -3.54. The summed E-state index contributed by atoms with van der Waals surface area (Å²) in [6, 6.07) is 16.4. The van der Waals surface area contributed by atoms with E-state index in [1.54, 1.807) is 30.6 Å². The predicted octanol–water partition coefficient (Wildman–Crippen LogP) is 5.49. The first kappa shape index (κ1) is 22.2. The molecule has 162 valence electrons. The van der Waals surface area contributed by atoms with Crippen molar-refractivity contribution in [1.29, 1.82) is 0 Å². The van der Waals surface area contributed by atoms with Gasteiger partial charge in [0.15, 0.2) is 11.5 Å². The molecular weight excluding hydrogens is 392 g/mol. The number of aromatic nitrogens is 1. The summed E-state index contributed by atoms with van der Waals surface area (Å²) < 4.78 is 17.4. The van der Waals surface area contributed by atoms with Gasteiger partial charge in [-0.3, -0.25) is 9.78 Å². The Morgan fingerprint density at radius 2 is 1.71 bits per heavy atom. The van der Waals surface area contributed by atoms with E-state index >= 15 is 0 Å². The molecule has 0 aliphatic rings. The lowest BCUT2D eigenvalue weighted by Gasteiger charge is -2.15. The van der Waals surface area contributed by atoms with E-state index in [2.05, 4.69) is 17.2 Å². The molecule has 1 aromatic heterocycles. The normalized spacial score (nSPS) is 10.4. The number of rotatable bonds is 11. The van der Waals surface area contributed by atoms with Gasteiger partial charge in [-0.25, -0.2) is 0 Å². The van der Waals surface area contributed by atoms with Crippen LogP contribution >= 0.6 is 0 Å². The fraction of sp³-hybridized carbons (Fsp3) is 0.280. The van der Waals surface area contributed by atoms with E-state index < -0.39 is 0 Å². The van der Waals surface area contributed by atoms with E-state index in [-0.39, 0.29) is 5.91 Å². The van der Waals surface area contributed by atoms with Crippen LogP contribution in [0.1, 0.15) is 42.6 Å². The zero-order valence-corrected chi connectivity index (χ0v) is 18.0. The maximum atomic E-state index is 12.9. The van der Waals surface area contributed by atoms with Gasteiger partial charge in [0.2, 0.25) is 0 Å². The van der Waals surface area contributed by atoms with E-state index in [1.165, 1.54) is 0 Å². The van der Waals surface area contributed by atoms with Gasteiger partial charge in [0.25, 0.3) is 5.91 Å². The summed E-state index contributed by atoms with van der Waals surface area (Å²) in [6.45, 7) is 5.46. The minimum Gasteiger partial charge on any atom is -0.491 e. The third-order valence-electron chi connectivity index (χ3n) is 4.54. The fourth-order valence-corrected chi connectivity index (χ4v) is 2.89. The van der Waals surface area contributed by atoms with Crippen LogP contribution in [0.25, 0.3) is 0 Å². The van der Waals surface area contributed by atoms with Crippen LogP contribution in [-0.2, 0) is 6.61 Å². The number of anilines is 1. The van der Waals surface area contributed by atoms with Gasteiger partial charge < -0.3 is 19.5 Å². The van der Waals surface area contributed by atoms with Crippen LogP contribution in [0.3, 0.4) is 0 Å². The van der Waals surface area contributed by atoms with Crippen molar-refractivity contribution < 1.29 is 19.0 Å². The van der Waals surface area contributed by atoms with Gasteiger partial charge in [0.1, 0.15) is 12.4 Å². The Morgan fingerprint density at radius 1 is 0.903 bits per heavy atom. The predicted molar refractivity (Wildman–Crippen MR) is 121 cm³/mol. The van der Waals surface area contributed by atoms with Gasteiger partial charge in [0, 0.05) is 18.0 Å². The second kappa shape index (κ2) is 11.6. The third-order valence-corrected chi connectivity index (χ3v) is 4.54. The lowest BCUT2D eigenvalue weighted by molar-refractivity contribution is 0.102. The Bertz CT molecular complexity index is 976. The molecule has 1 heterocycles. The number of nitrogens with one attached hydrogen (secondary N) is 1. The molecule has 0 unspecified atom stereocenters. The second-order valence-corrected chi connectivity index (χ2v) is 6.89. The van der Waals surface area contributed by atoms with Gasteiger partial charge >= 0.3 is 0 Å². The summed E-state index contributed by atoms with van der Waals surface area (Å²) in [5.41, 5.74) is 2.11. The number of ether oxygens (including phenoxy) is 3. The first-order valence-corrected chi connectivity index (χ1v) is 10.5. The van der Waals surface area contributed by atoms with E-state index in [0.29, 0.717) is 48.3 Å². The minimum absolute atomic E-state index is 0.242. The molecule has 0 atom stereocenters. The summed E-state index contributed by atoms with van der Waals surface area (Å²) in [6.07, 6.45) is 5.45. The van der Waals surface area contributed by atoms with Crippen LogP contribution < -0.4 is 19.5 Å². The van der Waals surface area contributed by atoms with Gasteiger partial charge in [-0.15, -0.1) is 0 Å². The van der Waals surface area contributed by atoms with E-state index in [4.69, 9.17) is 14.2 Å². The van der Waals surface area contributed by atoms with Crippen molar-refractivity contribution in [3.05, 3.63) is 78.1 Å². The van der Waals surface area contributed by atoms with E-state index in [0.717, 1.165) is 18.4 Å². The molecule has 3 aromatic rings. The summed E-state index contributed by atoms with van der Waals surface area (Å²) >= 11 is 0. The Kier molecular flexibility index (Phi) is 8.29. The second-order valence-electron chi connectivity index (χ2n) is 6.89. The molecule has 31 heavy (non-hydrogen) atoms. The molecule has 3 rings (SSSR count). The molecule has 0 radical (unpaired) electrons. The Morgan fingerprint density at radius 3 is 2.48 bits per heavy atom. The molecule has 6 nitrogen and oxygen atoms in total. The highest BCUT2D eigenvalue weighted by atomic mass is 16.5. The fourth-order valence-electron chi connectivity index (χ4n) is 2.89. The zero-order valence-electron chi connectivity index (χ0n) is 18.0. The molecule has 0 aliphatic heterocycles. The Balaban J connectivity index is 1.72. The monoisotopic (exact) mass is 420 g/mol. The topological polar surface area (TPSA) is 69.7 Å². The molecule has 0 fully saturated rings. The molecule has 0 bridgehead atoms.